The van der Waals surface area contributed by atoms with Crippen LogP contribution in [0.25, 0.3) is 0 Å². The van der Waals surface area contributed by atoms with E-state index in [0.717, 1.165) is 5.75 Å². The topological polar surface area (TPSA) is 0 Å². The van der Waals surface area contributed by atoms with Crippen molar-refractivity contribution in [3.05, 3.63) is 12.2 Å². The first-order valence-corrected chi connectivity index (χ1v) is 4.65. The van der Waals surface area contributed by atoms with Crippen molar-refractivity contribution in [2.75, 3.05) is 11.5 Å². The van der Waals surface area contributed by atoms with E-state index < -0.39 is 0 Å². The zero-order valence-corrected chi connectivity index (χ0v) is 7.26. The summed E-state index contributed by atoms with van der Waals surface area (Å²) < 4.78 is 0. The SMILES string of the molecule is C=C(C)CSCCCC. The Hall–Kier alpha value is 0.0900. The van der Waals surface area contributed by atoms with Crippen LogP contribution >= 0.6 is 11.8 Å². The Morgan fingerprint density at radius 2 is 2.22 bits per heavy atom. The zero-order chi connectivity index (χ0) is 7.11. The van der Waals surface area contributed by atoms with E-state index in [1.807, 2.05) is 11.8 Å². The van der Waals surface area contributed by atoms with Gasteiger partial charge in [0.1, 0.15) is 0 Å². The highest BCUT2D eigenvalue weighted by Gasteiger charge is 1.86. The number of unbranched alkanes of at least 4 members (excludes halogenated alkanes) is 1. The predicted octanol–water partition coefficient (Wildman–Crippen LogP) is 3.10. The summed E-state index contributed by atoms with van der Waals surface area (Å²) in [5, 5.41) is 0. The van der Waals surface area contributed by atoms with Crippen LogP contribution in [0.5, 0.6) is 0 Å². The first-order valence-electron chi connectivity index (χ1n) is 3.49. The maximum absolute atomic E-state index is 3.83. The molecule has 0 heterocycles. The van der Waals surface area contributed by atoms with Gasteiger partial charge in [-0.2, -0.15) is 11.8 Å². The molecular formula is C8H16S. The van der Waals surface area contributed by atoms with Crippen molar-refractivity contribution >= 4 is 11.8 Å². The fourth-order valence-corrected chi connectivity index (χ4v) is 1.48. The van der Waals surface area contributed by atoms with E-state index in [0.29, 0.717) is 0 Å². The number of rotatable bonds is 5. The van der Waals surface area contributed by atoms with E-state index in [1.54, 1.807) is 0 Å². The van der Waals surface area contributed by atoms with Crippen LogP contribution in [0.3, 0.4) is 0 Å². The first kappa shape index (κ1) is 9.09. The van der Waals surface area contributed by atoms with Gasteiger partial charge < -0.3 is 0 Å². The molecule has 0 atom stereocenters. The quantitative estimate of drug-likeness (QED) is 0.422. The molecule has 0 spiro atoms. The summed E-state index contributed by atoms with van der Waals surface area (Å²) in [5.74, 6) is 2.43. The molecule has 0 nitrogen and oxygen atoms in total. The molecular weight excluding hydrogens is 128 g/mol. The molecule has 0 aromatic heterocycles. The largest absolute Gasteiger partial charge is 0.158 e. The minimum Gasteiger partial charge on any atom is -0.158 e. The Balaban J connectivity index is 2.83. The fourth-order valence-electron chi connectivity index (χ4n) is 0.493. The average Bonchev–Trinajstić information content (AvgIpc) is 1.80. The summed E-state index contributed by atoms with van der Waals surface area (Å²) in [5.41, 5.74) is 1.29. The van der Waals surface area contributed by atoms with Gasteiger partial charge in [-0.25, -0.2) is 0 Å². The van der Waals surface area contributed by atoms with Gasteiger partial charge >= 0.3 is 0 Å². The van der Waals surface area contributed by atoms with Gasteiger partial charge in [-0.1, -0.05) is 25.5 Å². The Morgan fingerprint density at radius 1 is 1.56 bits per heavy atom. The van der Waals surface area contributed by atoms with E-state index in [4.69, 9.17) is 0 Å². The molecule has 0 aromatic carbocycles. The molecule has 1 heteroatoms. The van der Waals surface area contributed by atoms with Crippen LogP contribution in [0.1, 0.15) is 26.7 Å². The second-order valence-corrected chi connectivity index (χ2v) is 3.47. The van der Waals surface area contributed by atoms with Crippen LogP contribution in [-0.4, -0.2) is 11.5 Å². The molecule has 9 heavy (non-hydrogen) atoms. The highest BCUT2D eigenvalue weighted by Crippen LogP contribution is 2.07. The standard InChI is InChI=1S/C8H16S/c1-4-5-6-9-7-8(2)3/h2,4-7H2,1,3H3. The van der Waals surface area contributed by atoms with Gasteiger partial charge in [-0.3, -0.25) is 0 Å². The first-order chi connectivity index (χ1) is 4.27. The van der Waals surface area contributed by atoms with Crippen molar-refractivity contribution in [1.29, 1.82) is 0 Å². The lowest BCUT2D eigenvalue weighted by molar-refractivity contribution is 0.896. The summed E-state index contributed by atoms with van der Waals surface area (Å²) in [4.78, 5) is 0. The van der Waals surface area contributed by atoms with Crippen molar-refractivity contribution in [3.63, 3.8) is 0 Å². The predicted molar refractivity (Wildman–Crippen MR) is 47.0 cm³/mol. The third-order valence-corrected chi connectivity index (χ3v) is 2.26. The lowest BCUT2D eigenvalue weighted by atomic mass is 10.4. The summed E-state index contributed by atoms with van der Waals surface area (Å²) in [6, 6.07) is 0. The summed E-state index contributed by atoms with van der Waals surface area (Å²) in [7, 11) is 0. The summed E-state index contributed by atoms with van der Waals surface area (Å²) in [6.45, 7) is 8.14. The Morgan fingerprint density at radius 3 is 2.67 bits per heavy atom. The van der Waals surface area contributed by atoms with Gasteiger partial charge in [0.25, 0.3) is 0 Å². The molecule has 0 rings (SSSR count). The van der Waals surface area contributed by atoms with E-state index in [9.17, 15) is 0 Å². The molecule has 0 radical (unpaired) electrons. The molecule has 0 fully saturated rings. The zero-order valence-electron chi connectivity index (χ0n) is 6.44. The van der Waals surface area contributed by atoms with Crippen LogP contribution in [0.2, 0.25) is 0 Å². The lowest BCUT2D eigenvalue weighted by Crippen LogP contribution is -1.82. The van der Waals surface area contributed by atoms with E-state index in [1.165, 1.54) is 24.2 Å². The number of thioether (sulfide) groups is 1. The van der Waals surface area contributed by atoms with Crippen molar-refractivity contribution < 1.29 is 0 Å². The molecule has 54 valence electrons. The Kier molecular flexibility index (Phi) is 6.28. The lowest BCUT2D eigenvalue weighted by Gasteiger charge is -1.97. The van der Waals surface area contributed by atoms with Crippen molar-refractivity contribution in [2.24, 2.45) is 0 Å². The molecule has 0 bridgehead atoms. The number of hydrogen-bond donors (Lipinski definition) is 0. The molecule has 0 N–H and O–H groups in total. The van der Waals surface area contributed by atoms with Crippen molar-refractivity contribution in [2.45, 2.75) is 26.7 Å². The third kappa shape index (κ3) is 8.09. The highest BCUT2D eigenvalue weighted by atomic mass is 32.2. The van der Waals surface area contributed by atoms with Gasteiger partial charge in [-0.05, 0) is 19.1 Å². The van der Waals surface area contributed by atoms with Gasteiger partial charge in [0.05, 0.1) is 0 Å². The molecule has 0 unspecified atom stereocenters. The molecule has 0 amide bonds. The van der Waals surface area contributed by atoms with E-state index >= 15 is 0 Å². The molecule has 0 saturated carbocycles. The van der Waals surface area contributed by atoms with E-state index in [-0.39, 0.29) is 0 Å². The van der Waals surface area contributed by atoms with Gasteiger partial charge in [0, 0.05) is 5.75 Å². The number of hydrogen-bond acceptors (Lipinski definition) is 1. The normalized spacial score (nSPS) is 9.56. The molecule has 0 aliphatic rings. The minimum atomic E-state index is 1.14. The molecule has 0 aromatic rings. The average molecular weight is 144 g/mol. The van der Waals surface area contributed by atoms with Crippen molar-refractivity contribution in [1.82, 2.24) is 0 Å². The third-order valence-electron chi connectivity index (χ3n) is 0.991. The van der Waals surface area contributed by atoms with Gasteiger partial charge in [-0.15, -0.1) is 0 Å². The highest BCUT2D eigenvalue weighted by molar-refractivity contribution is 7.99. The molecule has 0 aliphatic heterocycles. The molecule has 0 saturated heterocycles. The second kappa shape index (κ2) is 6.21. The van der Waals surface area contributed by atoms with Crippen LogP contribution in [0.4, 0.5) is 0 Å². The van der Waals surface area contributed by atoms with E-state index in [2.05, 4.69) is 20.4 Å². The minimum absolute atomic E-state index is 1.14. The maximum atomic E-state index is 3.83. The van der Waals surface area contributed by atoms with Crippen LogP contribution in [0.15, 0.2) is 12.2 Å². The Labute approximate surface area is 62.7 Å². The molecule has 0 aliphatic carbocycles. The summed E-state index contributed by atoms with van der Waals surface area (Å²) in [6.07, 6.45) is 2.65. The maximum Gasteiger partial charge on any atom is 0.0137 e. The summed E-state index contributed by atoms with van der Waals surface area (Å²) >= 11 is 1.99. The van der Waals surface area contributed by atoms with Gasteiger partial charge in [0.2, 0.25) is 0 Å². The smallest absolute Gasteiger partial charge is 0.0137 e. The fraction of sp³-hybridized carbons (Fsp3) is 0.750. The van der Waals surface area contributed by atoms with Crippen LogP contribution < -0.4 is 0 Å². The second-order valence-electron chi connectivity index (χ2n) is 2.36. The van der Waals surface area contributed by atoms with Gasteiger partial charge in [0.15, 0.2) is 0 Å². The van der Waals surface area contributed by atoms with Crippen LogP contribution in [-0.2, 0) is 0 Å². The Bertz CT molecular complexity index is 76.6. The van der Waals surface area contributed by atoms with Crippen LogP contribution in [0, 0.1) is 0 Å². The van der Waals surface area contributed by atoms with Crippen molar-refractivity contribution in [3.8, 4) is 0 Å². The monoisotopic (exact) mass is 144 g/mol.